The molecule has 1 aliphatic rings. The van der Waals surface area contributed by atoms with E-state index in [-0.39, 0.29) is 6.04 Å². The number of anilines is 1. The van der Waals surface area contributed by atoms with Crippen LogP contribution in [0.15, 0.2) is 22.7 Å². The van der Waals surface area contributed by atoms with Crippen molar-refractivity contribution in [2.24, 2.45) is 0 Å². The second-order valence-corrected chi connectivity index (χ2v) is 5.21. The molecule has 0 bridgehead atoms. The Balaban J connectivity index is 2.54. The number of hydrogen-bond donors (Lipinski definition) is 1. The summed E-state index contributed by atoms with van der Waals surface area (Å²) in [5.74, 6) is -1.13. The van der Waals surface area contributed by atoms with E-state index in [9.17, 15) is 9.90 Å². The van der Waals surface area contributed by atoms with Crippen LogP contribution in [0.4, 0.5) is 5.69 Å². The van der Waals surface area contributed by atoms with Crippen LogP contribution in [0.5, 0.6) is 0 Å². The summed E-state index contributed by atoms with van der Waals surface area (Å²) in [5, 5.41) is 9.25. The third-order valence-corrected chi connectivity index (χ3v) is 3.77. The molecule has 1 aliphatic heterocycles. The number of halogens is 1. The van der Waals surface area contributed by atoms with Crippen LogP contribution >= 0.6 is 15.9 Å². The molecule has 2 unspecified atom stereocenters. The highest BCUT2D eigenvalue weighted by molar-refractivity contribution is 9.10. The molecule has 0 aliphatic carbocycles. The van der Waals surface area contributed by atoms with Crippen molar-refractivity contribution in [1.82, 2.24) is 0 Å². The fourth-order valence-electron chi connectivity index (χ4n) is 2.22. The van der Waals surface area contributed by atoms with Crippen molar-refractivity contribution in [2.75, 3.05) is 11.9 Å². The smallest absolute Gasteiger partial charge is 0.311 e. The van der Waals surface area contributed by atoms with E-state index in [0.29, 0.717) is 6.42 Å². The van der Waals surface area contributed by atoms with Gasteiger partial charge in [-0.05, 0) is 37.1 Å². The fourth-order valence-corrected chi connectivity index (χ4v) is 2.60. The van der Waals surface area contributed by atoms with Gasteiger partial charge in [-0.2, -0.15) is 0 Å². The molecule has 0 radical (unpaired) electrons. The van der Waals surface area contributed by atoms with Crippen molar-refractivity contribution >= 4 is 27.6 Å². The van der Waals surface area contributed by atoms with Crippen LogP contribution in [0.3, 0.4) is 0 Å². The molecule has 1 aromatic carbocycles. The predicted octanol–water partition coefficient (Wildman–Crippen LogP) is 2.85. The number of aliphatic carboxylic acids is 1. The van der Waals surface area contributed by atoms with E-state index in [1.807, 2.05) is 25.2 Å². The average Bonchev–Trinajstić information content (AvgIpc) is 2.22. The average molecular weight is 284 g/mol. The minimum Gasteiger partial charge on any atom is -0.481 e. The lowest BCUT2D eigenvalue weighted by Gasteiger charge is -2.37. The molecule has 0 saturated carbocycles. The maximum atomic E-state index is 11.2. The first-order chi connectivity index (χ1) is 7.50. The second kappa shape index (κ2) is 4.09. The van der Waals surface area contributed by atoms with E-state index >= 15 is 0 Å². The number of rotatable bonds is 1. The van der Waals surface area contributed by atoms with Gasteiger partial charge in [0.15, 0.2) is 0 Å². The Morgan fingerprint density at radius 1 is 1.56 bits per heavy atom. The number of fused-ring (bicyclic) bond motifs is 1. The SMILES string of the molecule is CC1CC(C(=O)O)c2cc(Br)ccc2N1C. The summed E-state index contributed by atoms with van der Waals surface area (Å²) in [6, 6.07) is 6.10. The maximum Gasteiger partial charge on any atom is 0.311 e. The summed E-state index contributed by atoms with van der Waals surface area (Å²) in [4.78, 5) is 13.4. The molecule has 0 saturated heterocycles. The lowest BCUT2D eigenvalue weighted by Crippen LogP contribution is -2.37. The summed E-state index contributed by atoms with van der Waals surface area (Å²) in [7, 11) is 2.01. The topological polar surface area (TPSA) is 40.5 Å². The number of carbonyl (C=O) groups is 1. The standard InChI is InChI=1S/C12H14BrNO2/c1-7-5-10(12(15)16)9-6-8(13)3-4-11(9)14(7)2/h3-4,6-7,10H,5H2,1-2H3,(H,15,16). The highest BCUT2D eigenvalue weighted by atomic mass is 79.9. The van der Waals surface area contributed by atoms with Crippen molar-refractivity contribution in [3.05, 3.63) is 28.2 Å². The Bertz CT molecular complexity index is 433. The second-order valence-electron chi connectivity index (χ2n) is 4.29. The molecule has 2 atom stereocenters. The van der Waals surface area contributed by atoms with Crippen molar-refractivity contribution in [3.8, 4) is 0 Å². The Morgan fingerprint density at radius 3 is 2.88 bits per heavy atom. The van der Waals surface area contributed by atoms with E-state index in [2.05, 4.69) is 27.8 Å². The number of hydrogen-bond acceptors (Lipinski definition) is 2. The highest BCUT2D eigenvalue weighted by Crippen LogP contribution is 2.39. The van der Waals surface area contributed by atoms with Gasteiger partial charge >= 0.3 is 5.97 Å². The third kappa shape index (κ3) is 1.82. The summed E-state index contributed by atoms with van der Waals surface area (Å²) >= 11 is 3.39. The summed E-state index contributed by atoms with van der Waals surface area (Å²) in [6.45, 7) is 2.06. The van der Waals surface area contributed by atoms with E-state index in [1.54, 1.807) is 0 Å². The molecule has 1 heterocycles. The highest BCUT2D eigenvalue weighted by Gasteiger charge is 2.32. The number of nitrogens with zero attached hydrogens (tertiary/aromatic N) is 1. The Labute approximate surface area is 103 Å². The molecule has 4 heteroatoms. The van der Waals surface area contributed by atoms with Gasteiger partial charge in [0.05, 0.1) is 5.92 Å². The van der Waals surface area contributed by atoms with E-state index in [1.165, 1.54) is 0 Å². The van der Waals surface area contributed by atoms with Crippen LogP contribution < -0.4 is 4.90 Å². The molecule has 0 amide bonds. The zero-order chi connectivity index (χ0) is 11.9. The molecular formula is C12H14BrNO2. The molecule has 2 rings (SSSR count). The van der Waals surface area contributed by atoms with Gasteiger partial charge in [0, 0.05) is 23.2 Å². The van der Waals surface area contributed by atoms with Gasteiger partial charge in [-0.3, -0.25) is 4.79 Å². The van der Waals surface area contributed by atoms with Crippen LogP contribution in [0.2, 0.25) is 0 Å². The summed E-state index contributed by atoms with van der Waals surface area (Å²) < 4.78 is 0.931. The monoisotopic (exact) mass is 283 g/mol. The van der Waals surface area contributed by atoms with E-state index in [4.69, 9.17) is 0 Å². The minimum atomic E-state index is -0.737. The van der Waals surface area contributed by atoms with Gasteiger partial charge in [-0.15, -0.1) is 0 Å². The van der Waals surface area contributed by atoms with Crippen LogP contribution in [-0.2, 0) is 4.79 Å². The van der Waals surface area contributed by atoms with Crippen molar-refractivity contribution in [2.45, 2.75) is 25.3 Å². The molecule has 0 fully saturated rings. The van der Waals surface area contributed by atoms with Gasteiger partial charge in [0.2, 0.25) is 0 Å². The molecule has 0 spiro atoms. The van der Waals surface area contributed by atoms with Gasteiger partial charge in [0.25, 0.3) is 0 Å². The normalized spacial score (nSPS) is 24.1. The molecule has 86 valence electrons. The zero-order valence-corrected chi connectivity index (χ0v) is 10.9. The zero-order valence-electron chi connectivity index (χ0n) is 9.27. The molecular weight excluding hydrogens is 270 g/mol. The van der Waals surface area contributed by atoms with Gasteiger partial charge in [-0.1, -0.05) is 15.9 Å². The molecule has 16 heavy (non-hydrogen) atoms. The fraction of sp³-hybridized carbons (Fsp3) is 0.417. The van der Waals surface area contributed by atoms with E-state index < -0.39 is 11.9 Å². The van der Waals surface area contributed by atoms with Crippen LogP contribution in [0.25, 0.3) is 0 Å². The lowest BCUT2D eigenvalue weighted by atomic mass is 9.86. The van der Waals surface area contributed by atoms with E-state index in [0.717, 1.165) is 15.7 Å². The number of benzene rings is 1. The number of carboxylic acids is 1. The van der Waals surface area contributed by atoms with Gasteiger partial charge in [-0.25, -0.2) is 0 Å². The molecule has 0 aromatic heterocycles. The van der Waals surface area contributed by atoms with Crippen LogP contribution in [0, 0.1) is 0 Å². The van der Waals surface area contributed by atoms with Crippen molar-refractivity contribution in [3.63, 3.8) is 0 Å². The predicted molar refractivity (Wildman–Crippen MR) is 67.0 cm³/mol. The molecule has 3 nitrogen and oxygen atoms in total. The summed E-state index contributed by atoms with van der Waals surface area (Å²) in [6.07, 6.45) is 0.662. The third-order valence-electron chi connectivity index (χ3n) is 3.28. The summed E-state index contributed by atoms with van der Waals surface area (Å²) in [5.41, 5.74) is 1.93. The van der Waals surface area contributed by atoms with Crippen LogP contribution in [-0.4, -0.2) is 24.2 Å². The van der Waals surface area contributed by atoms with Gasteiger partial charge < -0.3 is 10.0 Å². The first kappa shape index (κ1) is 11.5. The largest absolute Gasteiger partial charge is 0.481 e. The Morgan fingerprint density at radius 2 is 2.25 bits per heavy atom. The maximum absolute atomic E-state index is 11.2. The van der Waals surface area contributed by atoms with Crippen LogP contribution in [0.1, 0.15) is 24.8 Å². The van der Waals surface area contributed by atoms with Gasteiger partial charge in [0.1, 0.15) is 0 Å². The number of carboxylic acid groups (broad SMARTS) is 1. The quantitative estimate of drug-likeness (QED) is 0.862. The lowest BCUT2D eigenvalue weighted by molar-refractivity contribution is -0.139. The Kier molecular flexibility index (Phi) is 2.93. The molecule has 1 N–H and O–H groups in total. The minimum absolute atomic E-state index is 0.259. The van der Waals surface area contributed by atoms with Crippen molar-refractivity contribution in [1.29, 1.82) is 0 Å². The van der Waals surface area contributed by atoms with Crippen molar-refractivity contribution < 1.29 is 9.90 Å². The first-order valence-corrected chi connectivity index (χ1v) is 6.05. The molecule has 1 aromatic rings. The Hall–Kier alpha value is -1.03. The first-order valence-electron chi connectivity index (χ1n) is 5.25.